The molecule has 5 nitrogen and oxygen atoms in total. The average Bonchev–Trinajstić information content (AvgIpc) is 3.92. The van der Waals surface area contributed by atoms with Gasteiger partial charge in [0.15, 0.2) is 0 Å². The van der Waals surface area contributed by atoms with Gasteiger partial charge in [-0.05, 0) is 80.1 Å². The van der Waals surface area contributed by atoms with Gasteiger partial charge in [-0.15, -0.1) is 35.2 Å². The minimum Gasteiger partial charge on any atom is -0.510 e. The van der Waals surface area contributed by atoms with Crippen molar-refractivity contribution in [1.29, 1.82) is 0 Å². The number of benzene rings is 7. The van der Waals surface area contributed by atoms with E-state index in [1.165, 1.54) is 22.3 Å². The number of fused-ring (bicyclic) bond motifs is 3. The molecule has 0 saturated carbocycles. The summed E-state index contributed by atoms with van der Waals surface area (Å²) in [5.74, 6) is 2.00. The molecule has 0 N–H and O–H groups in total. The number of hydrogen-bond acceptors (Lipinski definition) is 2. The van der Waals surface area contributed by atoms with Gasteiger partial charge in [-0.2, -0.15) is 12.1 Å². The first-order valence-corrected chi connectivity index (χ1v) is 22.4. The first-order chi connectivity index (χ1) is 31.3. The number of ether oxygens (including phenoxy) is 1. The number of imidazole rings is 1. The summed E-state index contributed by atoms with van der Waals surface area (Å²) in [5.41, 5.74) is 11.1. The predicted octanol–water partition coefficient (Wildman–Crippen LogP) is 14.1. The van der Waals surface area contributed by atoms with Crippen LogP contribution < -0.4 is 9.30 Å². The Morgan fingerprint density at radius 1 is 0.530 bits per heavy atom. The van der Waals surface area contributed by atoms with Crippen LogP contribution in [0.4, 0.5) is 0 Å². The van der Waals surface area contributed by atoms with Crippen molar-refractivity contribution in [3.05, 3.63) is 235 Å². The summed E-state index contributed by atoms with van der Waals surface area (Å²) in [4.78, 5) is 4.90. The first-order valence-electron chi connectivity index (χ1n) is 22.4. The summed E-state index contributed by atoms with van der Waals surface area (Å²) in [5, 5.41) is 2.21. The van der Waals surface area contributed by atoms with Gasteiger partial charge in [0, 0.05) is 55.9 Å². The van der Waals surface area contributed by atoms with Crippen molar-refractivity contribution in [2.45, 2.75) is 64.7 Å². The van der Waals surface area contributed by atoms with Crippen LogP contribution in [-0.2, 0) is 37.3 Å². The number of aromatic nitrogens is 4. The van der Waals surface area contributed by atoms with Gasteiger partial charge in [0.05, 0.1) is 11.4 Å². The molecule has 6 heteroatoms. The summed E-state index contributed by atoms with van der Waals surface area (Å²) >= 11 is 0. The quantitative estimate of drug-likeness (QED) is 0.101. The van der Waals surface area contributed by atoms with Gasteiger partial charge < -0.3 is 13.9 Å². The number of nitrogens with zero attached hydrogens (tertiary/aromatic N) is 4. The second kappa shape index (κ2) is 17.5. The van der Waals surface area contributed by atoms with Crippen molar-refractivity contribution >= 4 is 21.8 Å². The van der Waals surface area contributed by atoms with Crippen LogP contribution in [0.15, 0.2) is 188 Å². The van der Waals surface area contributed by atoms with Crippen molar-refractivity contribution in [2.75, 3.05) is 0 Å². The summed E-state index contributed by atoms with van der Waals surface area (Å²) < 4.78 is 13.3. The smallest absolute Gasteiger partial charge is 0.267 e. The Hall–Kier alpha value is -6.81. The van der Waals surface area contributed by atoms with Crippen molar-refractivity contribution in [1.82, 2.24) is 14.1 Å². The zero-order valence-electron chi connectivity index (χ0n) is 38.4. The molecule has 0 unspecified atom stereocenters. The molecule has 0 atom stereocenters. The zero-order valence-corrected chi connectivity index (χ0v) is 40.7. The molecule has 10 rings (SSSR count). The van der Waals surface area contributed by atoms with Crippen LogP contribution in [0.2, 0.25) is 0 Å². The molecule has 0 radical (unpaired) electrons. The van der Waals surface area contributed by atoms with E-state index >= 15 is 0 Å². The SMILES string of the molecule is CC(C)(C)c1ccnc(-n2c3[c-]c(Oc4[c-]c(-n5[c-][n+](-c6cccc(C(C)(C)c7ccccc7)c6)cc5-c5ccccc5)cc(C(C)(C)c5ccccc5)c4)ccc3c3ccccc32)c1.[Pt]. The van der Waals surface area contributed by atoms with Crippen LogP contribution in [0.1, 0.15) is 76.3 Å². The second-order valence-electron chi connectivity index (χ2n) is 19.0. The minimum absolute atomic E-state index is 0. The molecule has 3 heterocycles. The Bertz CT molecular complexity index is 3320. The molecule has 0 aliphatic rings. The van der Waals surface area contributed by atoms with Crippen molar-refractivity contribution in [2.24, 2.45) is 0 Å². The van der Waals surface area contributed by atoms with E-state index in [0.717, 1.165) is 55.8 Å². The van der Waals surface area contributed by atoms with Crippen LogP contribution in [0.25, 0.3) is 50.3 Å². The first kappa shape index (κ1) is 44.4. The van der Waals surface area contributed by atoms with Gasteiger partial charge in [0.2, 0.25) is 0 Å². The molecule has 0 aliphatic carbocycles. The van der Waals surface area contributed by atoms with Crippen LogP contribution in [0.3, 0.4) is 0 Å². The minimum atomic E-state index is -0.388. The third-order valence-electron chi connectivity index (χ3n) is 13.0. The molecule has 0 fully saturated rings. The standard InChI is InChI=1S/C60H52N4O.Pt/c1-58(2,3)45-32-33-61-57(37-45)64-54-29-18-17-28-52(54)53-31-30-50(39-55(53)64)65-51-36-47(60(6,7)44-24-15-10-16-25-44)35-49(38-51)63-41-62(40-56(63)42-20-11-8-12-21-42)48-27-19-26-46(34-48)59(4,5)43-22-13-9-14-23-43;/h8-37,40H,1-7H3;/q-2;. The molecular formula is C60H52N4OPt-2. The fourth-order valence-electron chi connectivity index (χ4n) is 8.95. The second-order valence-corrected chi connectivity index (χ2v) is 19.0. The van der Waals surface area contributed by atoms with E-state index in [1.54, 1.807) is 0 Å². The molecule has 0 saturated heterocycles. The van der Waals surface area contributed by atoms with Gasteiger partial charge in [-0.1, -0.05) is 175 Å². The number of hydrogen-bond donors (Lipinski definition) is 0. The Morgan fingerprint density at radius 2 is 1.17 bits per heavy atom. The molecule has 7 aromatic carbocycles. The Morgan fingerprint density at radius 3 is 1.86 bits per heavy atom. The van der Waals surface area contributed by atoms with Crippen LogP contribution in [-0.4, -0.2) is 14.1 Å². The topological polar surface area (TPSA) is 35.9 Å². The van der Waals surface area contributed by atoms with Gasteiger partial charge in [-0.3, -0.25) is 4.57 Å². The normalized spacial score (nSPS) is 12.0. The maximum absolute atomic E-state index is 6.94. The van der Waals surface area contributed by atoms with E-state index in [-0.39, 0.29) is 37.3 Å². The fraction of sp³-hybridized carbons (Fsp3) is 0.167. The van der Waals surface area contributed by atoms with Crippen molar-refractivity contribution in [3.8, 4) is 39.9 Å². The molecule has 66 heavy (non-hydrogen) atoms. The van der Waals surface area contributed by atoms with Crippen molar-refractivity contribution < 1.29 is 30.4 Å². The van der Waals surface area contributed by atoms with Crippen LogP contribution in [0, 0.1) is 18.5 Å². The molecule has 330 valence electrons. The summed E-state index contributed by atoms with van der Waals surface area (Å²) in [6, 6.07) is 69.2. The molecule has 0 amide bonds. The molecule has 10 aromatic rings. The molecule has 0 spiro atoms. The number of pyridine rings is 1. The Kier molecular flexibility index (Phi) is 11.8. The molecular weight excluding hydrogens is 988 g/mol. The van der Waals surface area contributed by atoms with E-state index in [0.29, 0.717) is 11.5 Å². The summed E-state index contributed by atoms with van der Waals surface area (Å²) in [7, 11) is 0. The van der Waals surface area contributed by atoms with Gasteiger partial charge in [0.25, 0.3) is 6.33 Å². The maximum atomic E-state index is 6.94. The maximum Gasteiger partial charge on any atom is 0.267 e. The van der Waals surface area contributed by atoms with Gasteiger partial charge in [0.1, 0.15) is 5.82 Å². The van der Waals surface area contributed by atoms with E-state index in [1.807, 2.05) is 12.3 Å². The van der Waals surface area contributed by atoms with Gasteiger partial charge in [-0.25, -0.2) is 4.98 Å². The molecule has 0 aliphatic heterocycles. The van der Waals surface area contributed by atoms with Gasteiger partial charge >= 0.3 is 0 Å². The van der Waals surface area contributed by atoms with Crippen LogP contribution >= 0.6 is 0 Å². The third-order valence-corrected chi connectivity index (χ3v) is 13.0. The largest absolute Gasteiger partial charge is 0.510 e. The number of para-hydroxylation sites is 1. The monoisotopic (exact) mass is 1040 g/mol. The van der Waals surface area contributed by atoms with Crippen molar-refractivity contribution in [3.63, 3.8) is 0 Å². The predicted molar refractivity (Wildman–Crippen MR) is 264 cm³/mol. The summed E-state index contributed by atoms with van der Waals surface area (Å²) in [6.07, 6.45) is 7.82. The zero-order chi connectivity index (χ0) is 44.9. The average molecular weight is 1040 g/mol. The van der Waals surface area contributed by atoms with Crippen LogP contribution in [0.5, 0.6) is 11.5 Å². The van der Waals surface area contributed by atoms with E-state index < -0.39 is 0 Å². The van der Waals surface area contributed by atoms with E-state index in [2.05, 4.69) is 257 Å². The summed E-state index contributed by atoms with van der Waals surface area (Å²) in [6.45, 7) is 15.8. The van der Waals surface area contributed by atoms with E-state index in [9.17, 15) is 0 Å². The Labute approximate surface area is 403 Å². The number of rotatable bonds is 10. The van der Waals surface area contributed by atoms with E-state index in [4.69, 9.17) is 9.72 Å². The molecule has 3 aromatic heterocycles. The Balaban J connectivity index is 0.00000548. The fourth-order valence-corrected chi connectivity index (χ4v) is 8.95. The molecule has 0 bridgehead atoms. The third kappa shape index (κ3) is 8.33.